The van der Waals surface area contributed by atoms with Crippen LogP contribution in [0.2, 0.25) is 5.02 Å². The molecule has 1 unspecified atom stereocenters. The first-order chi connectivity index (χ1) is 10.5. The van der Waals surface area contributed by atoms with E-state index in [2.05, 4.69) is 15.3 Å². The summed E-state index contributed by atoms with van der Waals surface area (Å²) in [5.74, 6) is 0.163. The Morgan fingerprint density at radius 3 is 2.82 bits per heavy atom. The van der Waals surface area contributed by atoms with Crippen molar-refractivity contribution in [3.63, 3.8) is 0 Å². The Hall–Kier alpha value is -1.07. The second kappa shape index (κ2) is 7.97. The minimum absolute atomic E-state index is 0.0330. The number of amides is 1. The first-order valence-corrected chi connectivity index (χ1v) is 8.56. The van der Waals surface area contributed by atoms with Gasteiger partial charge in [-0.25, -0.2) is 0 Å². The first-order valence-electron chi connectivity index (χ1n) is 8.18. The fraction of sp³-hybridized carbons (Fsp3) is 0.750. The zero-order valence-electron chi connectivity index (χ0n) is 13.9. The molecule has 6 heteroatoms. The number of hydrogen-bond donors (Lipinski definition) is 1. The first kappa shape index (κ1) is 17.3. The summed E-state index contributed by atoms with van der Waals surface area (Å²) in [6.45, 7) is 6.36. The summed E-state index contributed by atoms with van der Waals surface area (Å²) in [5.41, 5.74) is 1.86. The van der Waals surface area contributed by atoms with Crippen LogP contribution in [0.15, 0.2) is 0 Å². The van der Waals surface area contributed by atoms with Crippen molar-refractivity contribution < 1.29 is 4.79 Å². The maximum Gasteiger partial charge on any atom is 0.237 e. The van der Waals surface area contributed by atoms with Crippen LogP contribution in [0, 0.1) is 13.8 Å². The van der Waals surface area contributed by atoms with Crippen LogP contribution in [-0.4, -0.2) is 46.8 Å². The van der Waals surface area contributed by atoms with Gasteiger partial charge in [0.1, 0.15) is 0 Å². The zero-order chi connectivity index (χ0) is 16.1. The minimum atomic E-state index is 0.0330. The minimum Gasteiger partial charge on any atom is -0.355 e. The standard InChI is InChI=1S/C16H27ClN4O/c1-12-15(17)13(2)21(19-12)11-7-9-18-16(22)14-8-5-4-6-10-20(14)3/h14H,4-11H2,1-3H3,(H,18,22). The van der Waals surface area contributed by atoms with Crippen molar-refractivity contribution in [3.8, 4) is 0 Å². The van der Waals surface area contributed by atoms with Gasteiger partial charge in [-0.3, -0.25) is 14.4 Å². The van der Waals surface area contributed by atoms with Crippen molar-refractivity contribution in [2.45, 2.75) is 58.5 Å². The van der Waals surface area contributed by atoms with Crippen molar-refractivity contribution >= 4 is 17.5 Å². The van der Waals surface area contributed by atoms with E-state index in [1.54, 1.807) is 0 Å². The Morgan fingerprint density at radius 2 is 2.14 bits per heavy atom. The van der Waals surface area contributed by atoms with Gasteiger partial charge in [0.15, 0.2) is 0 Å². The number of aromatic nitrogens is 2. The Bertz CT molecular complexity index is 514. The molecule has 1 saturated heterocycles. The predicted octanol–water partition coefficient (Wildman–Crippen LogP) is 2.53. The SMILES string of the molecule is Cc1nn(CCCNC(=O)C2CCCCCN2C)c(C)c1Cl. The van der Waals surface area contributed by atoms with Crippen LogP contribution in [0.3, 0.4) is 0 Å². The Labute approximate surface area is 138 Å². The molecule has 0 saturated carbocycles. The highest BCUT2D eigenvalue weighted by Crippen LogP contribution is 2.19. The topological polar surface area (TPSA) is 50.2 Å². The Balaban J connectivity index is 1.75. The van der Waals surface area contributed by atoms with Gasteiger partial charge in [0.2, 0.25) is 5.91 Å². The van der Waals surface area contributed by atoms with E-state index in [0.717, 1.165) is 48.8 Å². The van der Waals surface area contributed by atoms with Crippen LogP contribution in [0.5, 0.6) is 0 Å². The van der Waals surface area contributed by atoms with Gasteiger partial charge in [-0.1, -0.05) is 24.4 Å². The molecule has 0 bridgehead atoms. The summed E-state index contributed by atoms with van der Waals surface area (Å²) in [6, 6.07) is 0.0330. The molecule has 0 radical (unpaired) electrons. The number of likely N-dealkylation sites (N-methyl/N-ethyl adjacent to an activating group) is 1. The highest BCUT2D eigenvalue weighted by atomic mass is 35.5. The molecule has 1 atom stereocenters. The van der Waals surface area contributed by atoms with Crippen molar-refractivity contribution in [1.82, 2.24) is 20.0 Å². The molecular weight excluding hydrogens is 300 g/mol. The highest BCUT2D eigenvalue weighted by Gasteiger charge is 2.24. The number of nitrogens with one attached hydrogen (secondary N) is 1. The molecule has 1 aromatic rings. The summed E-state index contributed by atoms with van der Waals surface area (Å²) in [5, 5.41) is 8.21. The Morgan fingerprint density at radius 1 is 1.36 bits per heavy atom. The van der Waals surface area contributed by atoms with Crippen molar-refractivity contribution in [1.29, 1.82) is 0 Å². The van der Waals surface area contributed by atoms with Crippen molar-refractivity contribution in [2.24, 2.45) is 0 Å². The van der Waals surface area contributed by atoms with Crippen LogP contribution >= 0.6 is 11.6 Å². The maximum atomic E-state index is 12.3. The van der Waals surface area contributed by atoms with E-state index >= 15 is 0 Å². The molecule has 1 amide bonds. The molecule has 0 spiro atoms. The fourth-order valence-electron chi connectivity index (χ4n) is 3.03. The van der Waals surface area contributed by atoms with E-state index in [9.17, 15) is 4.79 Å². The van der Waals surface area contributed by atoms with E-state index in [-0.39, 0.29) is 11.9 Å². The molecule has 1 aromatic heterocycles. The average molecular weight is 327 g/mol. The van der Waals surface area contributed by atoms with Gasteiger partial charge < -0.3 is 5.32 Å². The van der Waals surface area contributed by atoms with Crippen LogP contribution in [0.25, 0.3) is 0 Å². The smallest absolute Gasteiger partial charge is 0.237 e. The van der Waals surface area contributed by atoms with Crippen molar-refractivity contribution in [2.75, 3.05) is 20.1 Å². The number of halogens is 1. The van der Waals surface area contributed by atoms with E-state index in [1.165, 1.54) is 12.8 Å². The normalized spacial score (nSPS) is 19.9. The molecule has 124 valence electrons. The third-order valence-electron chi connectivity index (χ3n) is 4.46. The molecule has 1 aliphatic heterocycles. The van der Waals surface area contributed by atoms with Gasteiger partial charge in [-0.2, -0.15) is 5.10 Å². The number of nitrogens with zero attached hydrogens (tertiary/aromatic N) is 3. The van der Waals surface area contributed by atoms with E-state index in [4.69, 9.17) is 11.6 Å². The third-order valence-corrected chi connectivity index (χ3v) is 5.01. The van der Waals surface area contributed by atoms with Gasteiger partial charge in [-0.15, -0.1) is 0 Å². The number of rotatable bonds is 5. The molecule has 0 aliphatic carbocycles. The molecule has 2 rings (SSSR count). The highest BCUT2D eigenvalue weighted by molar-refractivity contribution is 6.31. The number of likely N-dealkylation sites (tertiary alicyclic amines) is 1. The fourth-order valence-corrected chi connectivity index (χ4v) is 3.17. The van der Waals surface area contributed by atoms with Crippen LogP contribution < -0.4 is 5.32 Å². The number of hydrogen-bond acceptors (Lipinski definition) is 3. The third kappa shape index (κ3) is 4.23. The van der Waals surface area contributed by atoms with Gasteiger partial charge >= 0.3 is 0 Å². The zero-order valence-corrected chi connectivity index (χ0v) is 14.6. The number of carbonyl (C=O) groups is 1. The quantitative estimate of drug-likeness (QED) is 0.846. The average Bonchev–Trinajstić information content (AvgIpc) is 2.68. The van der Waals surface area contributed by atoms with Crippen molar-refractivity contribution in [3.05, 3.63) is 16.4 Å². The molecule has 5 nitrogen and oxygen atoms in total. The number of carbonyl (C=O) groups excluding carboxylic acids is 1. The molecule has 1 N–H and O–H groups in total. The van der Waals surface area contributed by atoms with E-state index in [0.29, 0.717) is 6.54 Å². The lowest BCUT2D eigenvalue weighted by atomic mass is 10.1. The van der Waals surface area contributed by atoms with E-state index in [1.807, 2.05) is 25.6 Å². The predicted molar refractivity (Wildman–Crippen MR) is 89.2 cm³/mol. The summed E-state index contributed by atoms with van der Waals surface area (Å²) in [6.07, 6.45) is 5.40. The lowest BCUT2D eigenvalue weighted by molar-refractivity contribution is -0.126. The van der Waals surface area contributed by atoms with E-state index < -0.39 is 0 Å². The second-order valence-electron chi connectivity index (χ2n) is 6.20. The van der Waals surface area contributed by atoms with Gasteiger partial charge in [-0.05, 0) is 46.7 Å². The van der Waals surface area contributed by atoms with Crippen LogP contribution in [0.1, 0.15) is 43.5 Å². The van der Waals surface area contributed by atoms with Crippen LogP contribution in [-0.2, 0) is 11.3 Å². The maximum absolute atomic E-state index is 12.3. The van der Waals surface area contributed by atoms with Crippen LogP contribution in [0.4, 0.5) is 0 Å². The molecule has 2 heterocycles. The Kier molecular flexibility index (Phi) is 6.26. The lowest BCUT2D eigenvalue weighted by Crippen LogP contribution is -2.45. The molecule has 1 aliphatic rings. The molecule has 22 heavy (non-hydrogen) atoms. The van der Waals surface area contributed by atoms with Gasteiger partial charge in [0.05, 0.1) is 22.5 Å². The molecule has 1 fully saturated rings. The summed E-state index contributed by atoms with van der Waals surface area (Å²) in [7, 11) is 2.05. The lowest BCUT2D eigenvalue weighted by Gasteiger charge is -2.24. The van der Waals surface area contributed by atoms with Gasteiger partial charge in [0, 0.05) is 13.1 Å². The summed E-state index contributed by atoms with van der Waals surface area (Å²) < 4.78 is 1.92. The second-order valence-corrected chi connectivity index (χ2v) is 6.58. The molecule has 0 aromatic carbocycles. The summed E-state index contributed by atoms with van der Waals surface area (Å²) in [4.78, 5) is 14.5. The largest absolute Gasteiger partial charge is 0.355 e. The molecular formula is C16H27ClN4O. The number of aryl methyl sites for hydroxylation is 2. The van der Waals surface area contributed by atoms with Gasteiger partial charge in [0.25, 0.3) is 0 Å². The monoisotopic (exact) mass is 326 g/mol. The summed E-state index contributed by atoms with van der Waals surface area (Å²) >= 11 is 6.14.